The number of nitrogens with two attached hydrogens (primary N) is 1. The van der Waals surface area contributed by atoms with E-state index in [4.69, 9.17) is 5.73 Å². The summed E-state index contributed by atoms with van der Waals surface area (Å²) in [5.74, 6) is 0.698. The van der Waals surface area contributed by atoms with Gasteiger partial charge in [-0.3, -0.25) is 4.98 Å². The van der Waals surface area contributed by atoms with Gasteiger partial charge in [-0.2, -0.15) is 0 Å². The van der Waals surface area contributed by atoms with Gasteiger partial charge in [0, 0.05) is 22.9 Å². The van der Waals surface area contributed by atoms with E-state index >= 15 is 0 Å². The predicted molar refractivity (Wildman–Crippen MR) is 79.4 cm³/mol. The maximum absolute atomic E-state index is 6.41. The molecule has 2 N–H and O–H groups in total. The van der Waals surface area contributed by atoms with Crippen LogP contribution in [-0.4, -0.2) is 11.0 Å². The van der Waals surface area contributed by atoms with Crippen molar-refractivity contribution in [3.63, 3.8) is 0 Å². The summed E-state index contributed by atoms with van der Waals surface area (Å²) in [6.07, 6.45) is 14.2. The van der Waals surface area contributed by atoms with Gasteiger partial charge < -0.3 is 5.73 Å². The van der Waals surface area contributed by atoms with Gasteiger partial charge in [0.1, 0.15) is 0 Å². The molecular weight excluding hydrogens is 288 g/mol. The second-order valence-electron chi connectivity index (χ2n) is 5.48. The van der Waals surface area contributed by atoms with Gasteiger partial charge in [-0.25, -0.2) is 0 Å². The highest BCUT2D eigenvalue weighted by molar-refractivity contribution is 9.10. The number of pyridine rings is 1. The molecule has 0 amide bonds. The largest absolute Gasteiger partial charge is 0.327 e. The van der Waals surface area contributed by atoms with E-state index in [1.165, 1.54) is 50.5 Å². The summed E-state index contributed by atoms with van der Waals surface area (Å²) in [4.78, 5) is 4.21. The van der Waals surface area contributed by atoms with Gasteiger partial charge >= 0.3 is 0 Å². The molecule has 1 unspecified atom stereocenters. The molecule has 0 bridgehead atoms. The van der Waals surface area contributed by atoms with Crippen molar-refractivity contribution in [3.05, 3.63) is 28.5 Å². The van der Waals surface area contributed by atoms with E-state index in [1.807, 2.05) is 12.4 Å². The lowest BCUT2D eigenvalue weighted by Gasteiger charge is -2.25. The molecule has 1 aromatic rings. The minimum Gasteiger partial charge on any atom is -0.327 e. The summed E-state index contributed by atoms with van der Waals surface area (Å²) in [6, 6.07) is 2.43. The molecule has 18 heavy (non-hydrogen) atoms. The van der Waals surface area contributed by atoms with Gasteiger partial charge in [-0.05, 0) is 52.7 Å². The van der Waals surface area contributed by atoms with Crippen LogP contribution in [0, 0.1) is 5.92 Å². The van der Waals surface area contributed by atoms with Crippen LogP contribution in [0.3, 0.4) is 0 Å². The topological polar surface area (TPSA) is 38.9 Å². The quantitative estimate of drug-likeness (QED) is 0.913. The first-order valence-corrected chi connectivity index (χ1v) is 7.90. The maximum Gasteiger partial charge on any atom is 0.0410 e. The van der Waals surface area contributed by atoms with Crippen LogP contribution in [0.2, 0.25) is 0 Å². The Morgan fingerprint density at radius 1 is 1.17 bits per heavy atom. The molecule has 3 heteroatoms. The first-order valence-electron chi connectivity index (χ1n) is 7.11. The zero-order chi connectivity index (χ0) is 12.8. The lowest BCUT2D eigenvalue weighted by molar-refractivity contribution is 0.322. The molecule has 1 saturated carbocycles. The minimum atomic E-state index is 0.291. The molecule has 0 radical (unpaired) electrons. The maximum atomic E-state index is 6.41. The number of aromatic nitrogens is 1. The normalized spacial score (nSPS) is 20.1. The average molecular weight is 311 g/mol. The Balaban J connectivity index is 1.91. The lowest BCUT2D eigenvalue weighted by Crippen LogP contribution is -2.32. The zero-order valence-electron chi connectivity index (χ0n) is 10.9. The van der Waals surface area contributed by atoms with E-state index in [0.29, 0.717) is 12.0 Å². The van der Waals surface area contributed by atoms with Gasteiger partial charge in [0.25, 0.3) is 0 Å². The molecule has 1 aromatic heterocycles. The number of hydrogen-bond acceptors (Lipinski definition) is 2. The Labute approximate surface area is 119 Å². The third kappa shape index (κ3) is 4.36. The third-order valence-electron chi connectivity index (χ3n) is 3.99. The molecule has 2 nitrogen and oxygen atoms in total. The molecule has 1 atom stereocenters. The van der Waals surface area contributed by atoms with Crippen molar-refractivity contribution in [3.8, 4) is 0 Å². The Kier molecular flexibility index (Phi) is 5.64. The van der Waals surface area contributed by atoms with E-state index in [1.54, 1.807) is 0 Å². The summed E-state index contributed by atoms with van der Waals surface area (Å²) in [6.45, 7) is 0. The minimum absolute atomic E-state index is 0.291. The van der Waals surface area contributed by atoms with Crippen LogP contribution in [0.25, 0.3) is 0 Å². The molecule has 0 aromatic carbocycles. The average Bonchev–Trinajstić information content (AvgIpc) is 2.28. The van der Waals surface area contributed by atoms with Crippen LogP contribution in [-0.2, 0) is 6.42 Å². The number of nitrogens with zero attached hydrogens (tertiary/aromatic N) is 1. The van der Waals surface area contributed by atoms with Crippen molar-refractivity contribution in [2.45, 2.75) is 57.4 Å². The Bertz CT molecular complexity index is 359. The second kappa shape index (κ2) is 7.25. The highest BCUT2D eigenvalue weighted by atomic mass is 79.9. The third-order valence-corrected chi connectivity index (χ3v) is 4.42. The van der Waals surface area contributed by atoms with Crippen molar-refractivity contribution in [1.29, 1.82) is 0 Å². The molecule has 100 valence electrons. The van der Waals surface area contributed by atoms with Gasteiger partial charge in [-0.15, -0.1) is 0 Å². The fourth-order valence-electron chi connectivity index (χ4n) is 2.92. The van der Waals surface area contributed by atoms with Crippen molar-refractivity contribution in [2.24, 2.45) is 11.7 Å². The van der Waals surface area contributed by atoms with Gasteiger partial charge in [0.05, 0.1) is 0 Å². The monoisotopic (exact) mass is 310 g/mol. The summed E-state index contributed by atoms with van der Waals surface area (Å²) < 4.78 is 1.05. The van der Waals surface area contributed by atoms with Crippen molar-refractivity contribution in [2.75, 3.05) is 0 Å². The Morgan fingerprint density at radius 3 is 2.50 bits per heavy atom. The lowest BCUT2D eigenvalue weighted by atomic mass is 9.84. The molecule has 0 spiro atoms. The summed E-state index contributed by atoms with van der Waals surface area (Å²) in [5, 5.41) is 0. The smallest absolute Gasteiger partial charge is 0.0410 e. The van der Waals surface area contributed by atoms with Crippen molar-refractivity contribution >= 4 is 15.9 Å². The van der Waals surface area contributed by atoms with Crippen LogP contribution in [0.5, 0.6) is 0 Å². The van der Waals surface area contributed by atoms with E-state index in [9.17, 15) is 0 Å². The molecular formula is C15H23BrN2. The number of halogens is 1. The number of rotatable bonds is 3. The number of hydrogen-bond donors (Lipinski definition) is 1. The first kappa shape index (κ1) is 14.0. The van der Waals surface area contributed by atoms with Crippen molar-refractivity contribution in [1.82, 2.24) is 4.98 Å². The van der Waals surface area contributed by atoms with E-state index < -0.39 is 0 Å². The second-order valence-corrected chi connectivity index (χ2v) is 6.40. The van der Waals surface area contributed by atoms with Crippen LogP contribution >= 0.6 is 15.9 Å². The fourth-order valence-corrected chi connectivity index (χ4v) is 3.33. The van der Waals surface area contributed by atoms with Gasteiger partial charge in [0.15, 0.2) is 0 Å². The molecule has 1 aliphatic rings. The molecule has 1 fully saturated rings. The van der Waals surface area contributed by atoms with Gasteiger partial charge in [0.2, 0.25) is 0 Å². The van der Waals surface area contributed by atoms with Crippen LogP contribution in [0.1, 0.15) is 50.5 Å². The van der Waals surface area contributed by atoms with Gasteiger partial charge in [-0.1, -0.05) is 32.1 Å². The summed E-state index contributed by atoms with van der Waals surface area (Å²) >= 11 is 3.47. The van der Waals surface area contributed by atoms with E-state index in [0.717, 1.165) is 10.9 Å². The molecule has 0 aliphatic heterocycles. The van der Waals surface area contributed by atoms with Crippen LogP contribution in [0.4, 0.5) is 0 Å². The van der Waals surface area contributed by atoms with Crippen LogP contribution < -0.4 is 5.73 Å². The fraction of sp³-hybridized carbons (Fsp3) is 0.667. The highest BCUT2D eigenvalue weighted by Gasteiger charge is 2.19. The zero-order valence-corrected chi connectivity index (χ0v) is 12.5. The highest BCUT2D eigenvalue weighted by Crippen LogP contribution is 2.25. The van der Waals surface area contributed by atoms with E-state index in [2.05, 4.69) is 27.0 Å². The molecule has 2 rings (SSSR count). The van der Waals surface area contributed by atoms with Crippen LogP contribution in [0.15, 0.2) is 22.9 Å². The summed E-state index contributed by atoms with van der Waals surface area (Å²) in [7, 11) is 0. The molecule has 0 saturated heterocycles. The van der Waals surface area contributed by atoms with E-state index in [-0.39, 0.29) is 0 Å². The SMILES string of the molecule is NC(Cc1cncc(Br)c1)C1CCCCCCC1. The predicted octanol–water partition coefficient (Wildman–Crippen LogP) is 4.07. The Morgan fingerprint density at radius 2 is 1.83 bits per heavy atom. The molecule has 1 heterocycles. The molecule has 1 aliphatic carbocycles. The first-order chi connectivity index (χ1) is 8.75. The summed E-state index contributed by atoms with van der Waals surface area (Å²) in [5.41, 5.74) is 7.66. The Hall–Kier alpha value is -0.410. The van der Waals surface area contributed by atoms with Crippen molar-refractivity contribution < 1.29 is 0 Å². The standard InChI is InChI=1S/C15H23BrN2/c16-14-8-12(10-18-11-14)9-15(17)13-6-4-2-1-3-5-7-13/h8,10-11,13,15H,1-7,9,17H2.